The minimum absolute atomic E-state index is 0.240. The number of azide groups is 1. The Hall–Kier alpha value is -2.27. The smallest absolute Gasteiger partial charge is 0.257 e. The first-order valence-electron chi connectivity index (χ1n) is 4.12. The van der Waals surface area contributed by atoms with E-state index in [-0.39, 0.29) is 18.2 Å². The molecule has 0 spiro atoms. The first-order chi connectivity index (χ1) is 7.27. The zero-order valence-corrected chi connectivity index (χ0v) is 8.16. The van der Waals surface area contributed by atoms with Gasteiger partial charge in [-0.1, -0.05) is 11.2 Å². The van der Waals surface area contributed by atoms with Gasteiger partial charge in [0, 0.05) is 11.5 Å². The number of rotatable bonds is 4. The second-order valence-corrected chi connectivity index (χ2v) is 2.51. The molecule has 7 heteroatoms. The molecule has 0 bridgehead atoms. The van der Waals surface area contributed by atoms with E-state index in [4.69, 9.17) is 16.0 Å². The van der Waals surface area contributed by atoms with Crippen LogP contribution >= 0.6 is 0 Å². The fourth-order valence-electron chi connectivity index (χ4n) is 0.882. The number of hydrogen-bond acceptors (Lipinski definition) is 5. The molecule has 1 aromatic rings. The van der Waals surface area contributed by atoms with Gasteiger partial charge in [-0.2, -0.15) is 0 Å². The lowest BCUT2D eigenvalue weighted by molar-refractivity contribution is 0.398. The standard InChI is InChI=1S/C8H10N6O/c1-15-8-7(9)11-5-6(13-8)3-2-4-12-14-10/h2-3,5H,4H2,1H3,(H2,9,11). The summed E-state index contributed by atoms with van der Waals surface area (Å²) in [5, 5.41) is 3.34. The second kappa shape index (κ2) is 5.46. The number of nitrogens with two attached hydrogens (primary N) is 1. The molecule has 7 nitrogen and oxygen atoms in total. The molecule has 0 saturated carbocycles. The predicted octanol–water partition coefficient (Wildman–Crippen LogP) is 1.39. The van der Waals surface area contributed by atoms with Gasteiger partial charge < -0.3 is 10.5 Å². The maximum absolute atomic E-state index is 8.04. The number of nitrogens with zero attached hydrogens (tertiary/aromatic N) is 5. The number of nitrogen functional groups attached to an aromatic ring is 1. The van der Waals surface area contributed by atoms with E-state index in [2.05, 4.69) is 20.0 Å². The van der Waals surface area contributed by atoms with Gasteiger partial charge in [0.2, 0.25) is 0 Å². The summed E-state index contributed by atoms with van der Waals surface area (Å²) in [7, 11) is 1.47. The van der Waals surface area contributed by atoms with Crippen molar-refractivity contribution in [3.05, 3.63) is 28.4 Å². The van der Waals surface area contributed by atoms with Crippen LogP contribution in [0.3, 0.4) is 0 Å². The van der Waals surface area contributed by atoms with E-state index in [9.17, 15) is 0 Å². The van der Waals surface area contributed by atoms with E-state index >= 15 is 0 Å². The van der Waals surface area contributed by atoms with Gasteiger partial charge in [0.25, 0.3) is 5.88 Å². The molecule has 0 aliphatic rings. The molecule has 0 fully saturated rings. The zero-order valence-electron chi connectivity index (χ0n) is 8.16. The van der Waals surface area contributed by atoms with Gasteiger partial charge in [-0.3, -0.25) is 0 Å². The Morgan fingerprint density at radius 2 is 2.53 bits per heavy atom. The Labute approximate surface area is 86.2 Å². The van der Waals surface area contributed by atoms with E-state index in [1.54, 1.807) is 12.2 Å². The quantitative estimate of drug-likeness (QED) is 0.455. The summed E-state index contributed by atoms with van der Waals surface area (Å²) in [6.45, 7) is 0.269. The van der Waals surface area contributed by atoms with Crippen LogP contribution in [0, 0.1) is 0 Å². The van der Waals surface area contributed by atoms with Crippen molar-refractivity contribution in [1.82, 2.24) is 9.97 Å². The van der Waals surface area contributed by atoms with Crippen LogP contribution in [0.25, 0.3) is 16.5 Å². The van der Waals surface area contributed by atoms with Crippen LogP contribution in [0.4, 0.5) is 5.82 Å². The van der Waals surface area contributed by atoms with Crippen LogP contribution in [0.2, 0.25) is 0 Å². The highest BCUT2D eigenvalue weighted by atomic mass is 16.5. The molecule has 0 aliphatic carbocycles. The van der Waals surface area contributed by atoms with E-state index in [1.807, 2.05) is 0 Å². The average Bonchev–Trinajstić information content (AvgIpc) is 2.26. The summed E-state index contributed by atoms with van der Waals surface area (Å²) in [6.07, 6.45) is 4.84. The maximum Gasteiger partial charge on any atom is 0.257 e. The van der Waals surface area contributed by atoms with E-state index in [0.717, 1.165) is 0 Å². The summed E-state index contributed by atoms with van der Waals surface area (Å²) >= 11 is 0. The van der Waals surface area contributed by atoms with Crippen molar-refractivity contribution in [3.63, 3.8) is 0 Å². The second-order valence-electron chi connectivity index (χ2n) is 2.51. The molecule has 1 heterocycles. The molecule has 0 aromatic carbocycles. The van der Waals surface area contributed by atoms with Gasteiger partial charge in [-0.15, -0.1) is 0 Å². The van der Waals surface area contributed by atoms with Gasteiger partial charge >= 0.3 is 0 Å². The molecule has 2 N–H and O–H groups in total. The molecule has 1 aromatic heterocycles. The van der Waals surface area contributed by atoms with Crippen LogP contribution in [0.1, 0.15) is 5.69 Å². The molecule has 0 unspecified atom stereocenters. The highest BCUT2D eigenvalue weighted by molar-refractivity contribution is 5.49. The van der Waals surface area contributed by atoms with Gasteiger partial charge in [0.05, 0.1) is 19.0 Å². The lowest BCUT2D eigenvalue weighted by Gasteiger charge is -2.01. The van der Waals surface area contributed by atoms with Gasteiger partial charge in [0.15, 0.2) is 5.82 Å². The molecule has 1 rings (SSSR count). The van der Waals surface area contributed by atoms with Crippen molar-refractivity contribution in [2.24, 2.45) is 5.11 Å². The van der Waals surface area contributed by atoms with E-state index in [1.165, 1.54) is 13.3 Å². The van der Waals surface area contributed by atoms with E-state index < -0.39 is 0 Å². The van der Waals surface area contributed by atoms with Crippen molar-refractivity contribution in [2.45, 2.75) is 0 Å². The molecular weight excluding hydrogens is 196 g/mol. The average molecular weight is 206 g/mol. The molecule has 0 aliphatic heterocycles. The van der Waals surface area contributed by atoms with Crippen LogP contribution in [-0.2, 0) is 0 Å². The molecule has 0 amide bonds. The lowest BCUT2D eigenvalue weighted by Crippen LogP contribution is -1.99. The highest BCUT2D eigenvalue weighted by Crippen LogP contribution is 2.14. The van der Waals surface area contributed by atoms with Crippen molar-refractivity contribution in [3.8, 4) is 5.88 Å². The number of methoxy groups -OCH3 is 1. The van der Waals surface area contributed by atoms with Crippen molar-refractivity contribution in [1.29, 1.82) is 0 Å². The predicted molar refractivity (Wildman–Crippen MR) is 56.0 cm³/mol. The lowest BCUT2D eigenvalue weighted by atomic mass is 10.4. The topological polar surface area (TPSA) is 110 Å². The first-order valence-corrected chi connectivity index (χ1v) is 4.12. The molecule has 0 atom stereocenters. The van der Waals surface area contributed by atoms with Crippen molar-refractivity contribution >= 4 is 11.9 Å². The highest BCUT2D eigenvalue weighted by Gasteiger charge is 2.01. The third-order valence-electron chi connectivity index (χ3n) is 1.52. The Morgan fingerprint density at radius 1 is 1.73 bits per heavy atom. The summed E-state index contributed by atoms with van der Waals surface area (Å²) < 4.78 is 4.90. The monoisotopic (exact) mass is 206 g/mol. The van der Waals surface area contributed by atoms with Crippen molar-refractivity contribution < 1.29 is 4.74 Å². The van der Waals surface area contributed by atoms with Crippen LogP contribution in [0.15, 0.2) is 17.4 Å². The normalized spacial score (nSPS) is 9.93. The Morgan fingerprint density at radius 3 is 3.20 bits per heavy atom. The molecular formula is C8H10N6O. The SMILES string of the molecule is COc1nc(C=CCN=[N+]=[N-])cnc1N. The van der Waals surface area contributed by atoms with Crippen LogP contribution < -0.4 is 10.5 Å². The first kappa shape index (κ1) is 10.8. The zero-order chi connectivity index (χ0) is 11.1. The fraction of sp³-hybridized carbons (Fsp3) is 0.250. The summed E-state index contributed by atoms with van der Waals surface area (Å²) in [6, 6.07) is 0. The molecule has 0 saturated heterocycles. The van der Waals surface area contributed by atoms with Crippen molar-refractivity contribution in [2.75, 3.05) is 19.4 Å². The largest absolute Gasteiger partial charge is 0.478 e. The minimum atomic E-state index is 0.240. The van der Waals surface area contributed by atoms with Gasteiger partial charge in [-0.05, 0) is 11.6 Å². The summed E-state index contributed by atoms with van der Waals surface area (Å²) in [4.78, 5) is 10.5. The fourth-order valence-corrected chi connectivity index (χ4v) is 0.882. The van der Waals surface area contributed by atoms with Gasteiger partial charge in [-0.25, -0.2) is 9.97 Å². The number of ether oxygens (including phenoxy) is 1. The summed E-state index contributed by atoms with van der Waals surface area (Å²) in [5.41, 5.74) is 14.1. The number of anilines is 1. The Balaban J connectivity index is 2.78. The van der Waals surface area contributed by atoms with E-state index in [0.29, 0.717) is 5.69 Å². The third-order valence-corrected chi connectivity index (χ3v) is 1.52. The molecule has 0 radical (unpaired) electrons. The third kappa shape index (κ3) is 3.17. The Bertz CT molecular complexity index is 410. The van der Waals surface area contributed by atoms with Crippen LogP contribution in [0.5, 0.6) is 5.88 Å². The number of aromatic nitrogens is 2. The minimum Gasteiger partial charge on any atom is -0.478 e. The Kier molecular flexibility index (Phi) is 3.93. The molecule has 15 heavy (non-hydrogen) atoms. The number of hydrogen-bond donors (Lipinski definition) is 1. The van der Waals surface area contributed by atoms with Crippen LogP contribution in [-0.4, -0.2) is 23.6 Å². The molecule has 78 valence electrons. The summed E-state index contributed by atoms with van der Waals surface area (Å²) in [5.74, 6) is 0.519. The maximum atomic E-state index is 8.04. The van der Waals surface area contributed by atoms with Gasteiger partial charge in [0.1, 0.15) is 0 Å².